The van der Waals surface area contributed by atoms with Crippen molar-refractivity contribution < 1.29 is 0 Å². The Morgan fingerprint density at radius 2 is 1.33 bits per heavy atom. The maximum atomic E-state index is 11.6. The van der Waals surface area contributed by atoms with Gasteiger partial charge in [-0.15, -0.1) is 0 Å². The molecule has 4 nitrogen and oxygen atoms in total. The molecule has 0 spiro atoms. The second-order valence-electron chi connectivity index (χ2n) is 3.95. The highest BCUT2D eigenvalue weighted by molar-refractivity contribution is 5.76. The Morgan fingerprint density at radius 3 is 1.72 bits per heavy atom. The molecule has 0 atom stereocenters. The number of nitrogens with zero attached hydrogens (tertiary/aromatic N) is 2. The monoisotopic (exact) mass is 254 g/mol. The molecular formula is C14H26N2O2. The Balaban J connectivity index is 0.00000137. The van der Waals surface area contributed by atoms with Crippen molar-refractivity contribution in [2.75, 3.05) is 36.5 Å². The SMILES string of the molecule is CC.CCCN(C)c1c(N(CC)CC)c(=O)c1=O. The third kappa shape index (κ3) is 3.12. The standard InChI is InChI=1S/C12H20N2O2.C2H6/c1-5-8-13(4)9-10(12(16)11(9)15)14(6-2)7-3;1-2/h5-8H2,1-4H3;1-2H3. The molecule has 0 bridgehead atoms. The van der Waals surface area contributed by atoms with Gasteiger partial charge in [0.25, 0.3) is 10.9 Å². The first-order chi connectivity index (χ1) is 8.58. The van der Waals surface area contributed by atoms with Crippen molar-refractivity contribution in [3.63, 3.8) is 0 Å². The molecule has 1 aromatic rings. The van der Waals surface area contributed by atoms with Gasteiger partial charge in [0, 0.05) is 26.7 Å². The minimum atomic E-state index is -0.335. The normalized spacial score (nSPS) is 9.89. The van der Waals surface area contributed by atoms with Crippen molar-refractivity contribution in [1.29, 1.82) is 0 Å². The second kappa shape index (κ2) is 7.90. The van der Waals surface area contributed by atoms with Gasteiger partial charge in [-0.25, -0.2) is 0 Å². The van der Waals surface area contributed by atoms with E-state index < -0.39 is 0 Å². The van der Waals surface area contributed by atoms with Gasteiger partial charge in [-0.05, 0) is 20.3 Å². The maximum Gasteiger partial charge on any atom is 0.253 e. The van der Waals surface area contributed by atoms with Crippen LogP contribution in [0.2, 0.25) is 0 Å². The lowest BCUT2D eigenvalue weighted by atomic mass is 10.1. The highest BCUT2D eigenvalue weighted by Crippen LogP contribution is 2.23. The summed E-state index contributed by atoms with van der Waals surface area (Å²) in [6.45, 7) is 12.4. The fourth-order valence-electron chi connectivity index (χ4n) is 2.00. The minimum Gasteiger partial charge on any atom is -0.370 e. The third-order valence-electron chi connectivity index (χ3n) is 2.88. The van der Waals surface area contributed by atoms with Crippen LogP contribution in [0.15, 0.2) is 9.59 Å². The van der Waals surface area contributed by atoms with Crippen molar-refractivity contribution in [2.24, 2.45) is 0 Å². The summed E-state index contributed by atoms with van der Waals surface area (Å²) in [5, 5.41) is 0. The van der Waals surface area contributed by atoms with Gasteiger partial charge in [0.1, 0.15) is 11.4 Å². The van der Waals surface area contributed by atoms with Crippen LogP contribution in [0.5, 0.6) is 0 Å². The molecule has 0 saturated carbocycles. The van der Waals surface area contributed by atoms with Crippen LogP contribution < -0.4 is 20.7 Å². The minimum absolute atomic E-state index is 0.332. The van der Waals surface area contributed by atoms with E-state index in [2.05, 4.69) is 6.92 Å². The molecule has 0 amide bonds. The number of hydrogen-bond donors (Lipinski definition) is 0. The van der Waals surface area contributed by atoms with Gasteiger partial charge < -0.3 is 9.80 Å². The lowest BCUT2D eigenvalue weighted by Crippen LogP contribution is -2.45. The van der Waals surface area contributed by atoms with Gasteiger partial charge >= 0.3 is 0 Å². The summed E-state index contributed by atoms with van der Waals surface area (Å²) in [5.74, 6) is 0. The average molecular weight is 254 g/mol. The van der Waals surface area contributed by atoms with Crippen LogP contribution in [-0.4, -0.2) is 26.7 Å². The Kier molecular flexibility index (Phi) is 7.32. The van der Waals surface area contributed by atoms with Crippen LogP contribution >= 0.6 is 0 Å². The molecule has 0 fully saturated rings. The Morgan fingerprint density at radius 1 is 0.889 bits per heavy atom. The van der Waals surface area contributed by atoms with Crippen LogP contribution in [-0.2, 0) is 0 Å². The molecule has 1 rings (SSSR count). The fourth-order valence-corrected chi connectivity index (χ4v) is 2.00. The summed E-state index contributed by atoms with van der Waals surface area (Å²) in [5.41, 5.74) is 0.529. The van der Waals surface area contributed by atoms with E-state index in [1.54, 1.807) is 0 Å². The first kappa shape index (κ1) is 16.7. The van der Waals surface area contributed by atoms with Crippen LogP contribution in [0.1, 0.15) is 41.0 Å². The molecule has 0 aliphatic rings. The summed E-state index contributed by atoms with van der Waals surface area (Å²) < 4.78 is 0. The largest absolute Gasteiger partial charge is 0.370 e. The quantitative estimate of drug-likeness (QED) is 0.728. The van der Waals surface area contributed by atoms with Gasteiger partial charge in [-0.2, -0.15) is 0 Å². The maximum absolute atomic E-state index is 11.6. The molecule has 4 heteroatoms. The predicted molar refractivity (Wildman–Crippen MR) is 79.8 cm³/mol. The predicted octanol–water partition coefficient (Wildman–Crippen LogP) is 2.00. The molecule has 0 aromatic heterocycles. The van der Waals surface area contributed by atoms with Gasteiger partial charge in [-0.1, -0.05) is 20.8 Å². The van der Waals surface area contributed by atoms with Gasteiger partial charge in [-0.3, -0.25) is 9.59 Å². The molecule has 104 valence electrons. The first-order valence-corrected chi connectivity index (χ1v) is 6.87. The zero-order valence-electron chi connectivity index (χ0n) is 12.5. The summed E-state index contributed by atoms with van der Waals surface area (Å²) in [6, 6.07) is 0. The Labute approximate surface area is 110 Å². The highest BCUT2D eigenvalue weighted by Gasteiger charge is 2.26. The average Bonchev–Trinajstić information content (AvgIpc) is 2.40. The lowest BCUT2D eigenvalue weighted by Gasteiger charge is -2.29. The van der Waals surface area contributed by atoms with E-state index in [1.807, 2.05) is 44.5 Å². The van der Waals surface area contributed by atoms with Crippen molar-refractivity contribution in [2.45, 2.75) is 41.0 Å². The highest BCUT2D eigenvalue weighted by atomic mass is 16.2. The smallest absolute Gasteiger partial charge is 0.253 e. The third-order valence-corrected chi connectivity index (χ3v) is 2.88. The van der Waals surface area contributed by atoms with E-state index in [0.717, 1.165) is 26.1 Å². The molecular weight excluding hydrogens is 228 g/mol. The summed E-state index contributed by atoms with van der Waals surface area (Å²) in [7, 11) is 1.87. The van der Waals surface area contributed by atoms with Crippen molar-refractivity contribution in [3.05, 3.63) is 20.4 Å². The molecule has 0 radical (unpaired) electrons. The van der Waals surface area contributed by atoms with Crippen molar-refractivity contribution in [3.8, 4) is 0 Å². The van der Waals surface area contributed by atoms with E-state index >= 15 is 0 Å². The first-order valence-electron chi connectivity index (χ1n) is 6.87. The van der Waals surface area contributed by atoms with E-state index in [9.17, 15) is 9.59 Å². The summed E-state index contributed by atoms with van der Waals surface area (Å²) in [4.78, 5) is 26.9. The number of rotatable bonds is 6. The van der Waals surface area contributed by atoms with Crippen molar-refractivity contribution in [1.82, 2.24) is 0 Å². The van der Waals surface area contributed by atoms with E-state index in [4.69, 9.17) is 0 Å². The molecule has 0 aliphatic carbocycles. The van der Waals surface area contributed by atoms with E-state index in [-0.39, 0.29) is 10.9 Å². The Bertz CT molecular complexity index is 415. The lowest BCUT2D eigenvalue weighted by molar-refractivity contribution is 0.814. The molecule has 0 unspecified atom stereocenters. The summed E-state index contributed by atoms with van der Waals surface area (Å²) >= 11 is 0. The number of anilines is 2. The molecule has 0 saturated heterocycles. The molecule has 0 N–H and O–H groups in total. The molecule has 18 heavy (non-hydrogen) atoms. The van der Waals surface area contributed by atoms with Crippen LogP contribution in [0, 0.1) is 0 Å². The van der Waals surface area contributed by atoms with Gasteiger partial charge in [0.15, 0.2) is 0 Å². The van der Waals surface area contributed by atoms with Crippen LogP contribution in [0.25, 0.3) is 0 Å². The van der Waals surface area contributed by atoms with Gasteiger partial charge in [0.2, 0.25) is 0 Å². The number of hydrogen-bond acceptors (Lipinski definition) is 4. The zero-order chi connectivity index (χ0) is 14.3. The topological polar surface area (TPSA) is 40.6 Å². The van der Waals surface area contributed by atoms with Gasteiger partial charge in [0.05, 0.1) is 0 Å². The Hall–Kier alpha value is -1.32. The molecule has 0 aliphatic heterocycles. The second-order valence-corrected chi connectivity index (χ2v) is 3.95. The van der Waals surface area contributed by atoms with Crippen molar-refractivity contribution >= 4 is 11.4 Å². The zero-order valence-corrected chi connectivity index (χ0v) is 12.5. The summed E-state index contributed by atoms with van der Waals surface area (Å²) in [6.07, 6.45) is 0.965. The van der Waals surface area contributed by atoms with E-state index in [1.165, 1.54) is 0 Å². The van der Waals surface area contributed by atoms with Crippen LogP contribution in [0.3, 0.4) is 0 Å². The fraction of sp³-hybridized carbons (Fsp3) is 0.714. The van der Waals surface area contributed by atoms with E-state index in [0.29, 0.717) is 11.4 Å². The van der Waals surface area contributed by atoms with Crippen LogP contribution in [0.4, 0.5) is 11.4 Å². The molecule has 1 aromatic carbocycles. The molecule has 0 heterocycles.